The molecule has 5 amide bonds. The molecule has 432 valence electrons. The highest BCUT2D eigenvalue weighted by Crippen LogP contribution is 2.34. The summed E-state index contributed by atoms with van der Waals surface area (Å²) in [7, 11) is 0. The predicted octanol–water partition coefficient (Wildman–Crippen LogP) is 9.40. The third-order valence-corrected chi connectivity index (χ3v) is 12.8. The number of hydroxylamine groups is 2. The van der Waals surface area contributed by atoms with Gasteiger partial charge in [0.15, 0.2) is 23.0 Å². The van der Waals surface area contributed by atoms with Crippen molar-refractivity contribution in [2.75, 3.05) is 39.3 Å². The van der Waals surface area contributed by atoms with Crippen LogP contribution in [-0.2, 0) is 55.2 Å². The molecule has 0 aliphatic heterocycles. The topological polar surface area (TPSA) is 228 Å². The number of unbranched alkanes of at least 4 members (excludes halogenated alkanes) is 3. The first kappa shape index (κ1) is 62.0. The molecule has 18 heteroatoms. The van der Waals surface area contributed by atoms with Crippen LogP contribution in [0.1, 0.15) is 114 Å². The lowest BCUT2D eigenvalue weighted by Crippen LogP contribution is -2.36. The van der Waals surface area contributed by atoms with Crippen molar-refractivity contribution in [3.8, 4) is 23.0 Å². The van der Waals surface area contributed by atoms with Crippen LogP contribution in [0.25, 0.3) is 0 Å². The Bertz CT molecular complexity index is 2970. The maximum atomic E-state index is 13.9. The summed E-state index contributed by atoms with van der Waals surface area (Å²) in [5, 5.41) is 18.6. The number of aliphatic carboxylic acids is 1. The zero-order chi connectivity index (χ0) is 58.2. The number of carboxylic acids is 1. The number of nitrogens with zero attached hydrogens (tertiary/aromatic N) is 2. The molecular weight excluding hydrogens is 1050 g/mol. The second kappa shape index (κ2) is 34.7. The lowest BCUT2D eigenvalue weighted by atomic mass is 10.1. The molecule has 0 saturated carbocycles. The average molecular weight is 1120 g/mol. The van der Waals surface area contributed by atoms with Crippen LogP contribution in [-0.4, -0.2) is 95.8 Å². The number of amides is 5. The largest absolute Gasteiger partial charge is 0.485 e. The van der Waals surface area contributed by atoms with Crippen LogP contribution in [0.4, 0.5) is 0 Å². The molecule has 6 aromatic carbocycles. The van der Waals surface area contributed by atoms with Crippen LogP contribution < -0.4 is 34.9 Å². The highest BCUT2D eigenvalue weighted by molar-refractivity contribution is 5.98. The number of benzene rings is 6. The Morgan fingerprint density at radius 3 is 1.30 bits per heavy atom. The first-order chi connectivity index (χ1) is 39.9. The normalized spacial score (nSPS) is 10.6. The van der Waals surface area contributed by atoms with Crippen LogP contribution in [0.2, 0.25) is 0 Å². The minimum Gasteiger partial charge on any atom is -0.485 e. The quantitative estimate of drug-likeness (QED) is 0.0215. The van der Waals surface area contributed by atoms with Crippen LogP contribution >= 0.6 is 0 Å². The Kier molecular flexibility index (Phi) is 26.3. The van der Waals surface area contributed by atoms with Gasteiger partial charge in [-0.15, -0.1) is 0 Å². The van der Waals surface area contributed by atoms with Crippen molar-refractivity contribution >= 4 is 41.5 Å². The third-order valence-electron chi connectivity index (χ3n) is 12.8. The van der Waals surface area contributed by atoms with E-state index in [2.05, 4.69) is 16.0 Å². The van der Waals surface area contributed by atoms with Crippen LogP contribution in [0.3, 0.4) is 0 Å². The second-order valence-corrected chi connectivity index (χ2v) is 19.2. The summed E-state index contributed by atoms with van der Waals surface area (Å²) in [5.74, 6) is -2.32. The molecular formula is C64H73N5O13. The van der Waals surface area contributed by atoms with Gasteiger partial charge >= 0.3 is 11.9 Å². The Labute approximate surface area is 479 Å². The van der Waals surface area contributed by atoms with Gasteiger partial charge in [-0.3, -0.25) is 33.6 Å². The van der Waals surface area contributed by atoms with Gasteiger partial charge in [-0.1, -0.05) is 133 Å². The van der Waals surface area contributed by atoms with Gasteiger partial charge in [0.2, 0.25) is 11.8 Å². The summed E-state index contributed by atoms with van der Waals surface area (Å²) in [6, 6.07) is 49.0. The summed E-state index contributed by atoms with van der Waals surface area (Å²) in [6.45, 7) is 3.56. The molecule has 0 atom stereocenters. The first-order valence-corrected chi connectivity index (χ1v) is 27.7. The average Bonchev–Trinajstić information content (AvgIpc) is 3.51. The lowest BCUT2D eigenvalue weighted by Gasteiger charge is -2.23. The van der Waals surface area contributed by atoms with Crippen LogP contribution in [0.5, 0.6) is 23.0 Å². The highest BCUT2D eigenvalue weighted by Gasteiger charge is 2.22. The van der Waals surface area contributed by atoms with Crippen LogP contribution in [0, 0.1) is 0 Å². The van der Waals surface area contributed by atoms with Crippen LogP contribution in [0.15, 0.2) is 158 Å². The zero-order valence-electron chi connectivity index (χ0n) is 46.4. The van der Waals surface area contributed by atoms with Crippen molar-refractivity contribution in [2.45, 2.75) is 97.6 Å². The molecule has 82 heavy (non-hydrogen) atoms. The predicted molar refractivity (Wildman–Crippen MR) is 308 cm³/mol. The lowest BCUT2D eigenvalue weighted by molar-refractivity contribution is -0.196. The molecule has 0 radical (unpaired) electrons. The fraction of sp³-hybridized carbons (Fsp3) is 0.328. The van der Waals surface area contributed by atoms with Gasteiger partial charge in [-0.2, -0.15) is 5.06 Å². The summed E-state index contributed by atoms with van der Waals surface area (Å²) in [6.07, 6.45) is 2.09. The molecule has 6 aromatic rings. The van der Waals surface area contributed by atoms with E-state index >= 15 is 0 Å². The zero-order valence-corrected chi connectivity index (χ0v) is 46.4. The molecule has 18 nitrogen and oxygen atoms in total. The number of nitrogens with one attached hydrogen (secondary N) is 3. The third kappa shape index (κ3) is 22.2. The number of carbonyl (C=O) groups excluding carboxylic acids is 6. The summed E-state index contributed by atoms with van der Waals surface area (Å²) in [5.41, 5.74) is 4.34. The van der Waals surface area contributed by atoms with Gasteiger partial charge in [-0.05, 0) is 85.0 Å². The molecule has 0 aliphatic carbocycles. The smallest absolute Gasteiger partial charge is 0.329 e. The van der Waals surface area contributed by atoms with E-state index in [9.17, 15) is 33.6 Å². The van der Waals surface area contributed by atoms with Gasteiger partial charge in [0.1, 0.15) is 26.4 Å². The monoisotopic (exact) mass is 1120 g/mol. The van der Waals surface area contributed by atoms with E-state index in [-0.39, 0.29) is 101 Å². The van der Waals surface area contributed by atoms with Gasteiger partial charge in [0, 0.05) is 58.9 Å². The number of rotatable bonds is 35. The molecule has 6 rings (SSSR count). The van der Waals surface area contributed by atoms with E-state index in [1.807, 2.05) is 121 Å². The van der Waals surface area contributed by atoms with E-state index in [0.29, 0.717) is 80.2 Å². The second-order valence-electron chi connectivity index (χ2n) is 19.2. The minimum absolute atomic E-state index is 0.0673. The fourth-order valence-electron chi connectivity index (χ4n) is 8.46. The molecule has 4 N–H and O–H groups in total. The van der Waals surface area contributed by atoms with Crippen molar-refractivity contribution in [1.82, 2.24) is 25.9 Å². The van der Waals surface area contributed by atoms with Crippen molar-refractivity contribution in [3.05, 3.63) is 191 Å². The first-order valence-electron chi connectivity index (χ1n) is 27.7. The molecule has 0 heterocycles. The summed E-state index contributed by atoms with van der Waals surface area (Å²) < 4.78 is 25.0. The summed E-state index contributed by atoms with van der Waals surface area (Å²) in [4.78, 5) is 96.1. The Morgan fingerprint density at radius 1 is 0.415 bits per heavy atom. The number of carbonyl (C=O) groups is 7. The van der Waals surface area contributed by atoms with E-state index in [1.54, 1.807) is 41.3 Å². The van der Waals surface area contributed by atoms with Gasteiger partial charge < -0.3 is 49.7 Å². The number of ether oxygens (including phenoxy) is 4. The van der Waals surface area contributed by atoms with E-state index in [4.69, 9.17) is 28.9 Å². The molecule has 0 spiro atoms. The van der Waals surface area contributed by atoms with Crippen molar-refractivity contribution < 1.29 is 62.5 Å². The number of carboxylic acid groups (broad SMARTS) is 1. The molecule has 0 aromatic heterocycles. The SMILES string of the molecule is CC(=O)ON(CCCCCNC(=O)CCC(=O)N(CCCCNC(=O)c1cccc(OCc2ccccc2)c1OCc1ccccc1)CCCNC(=O)c1cccc(OCc2ccccc2)c1OCc1ccccc1)C(=O)CCC(=O)O. The van der Waals surface area contributed by atoms with Crippen molar-refractivity contribution in [1.29, 1.82) is 0 Å². The molecule has 0 fully saturated rings. The number of para-hydroxylation sites is 2. The van der Waals surface area contributed by atoms with Crippen molar-refractivity contribution in [3.63, 3.8) is 0 Å². The maximum Gasteiger partial charge on any atom is 0.329 e. The number of hydrogen-bond acceptors (Lipinski definition) is 12. The van der Waals surface area contributed by atoms with Gasteiger partial charge in [-0.25, -0.2) is 0 Å². The van der Waals surface area contributed by atoms with Crippen molar-refractivity contribution in [2.24, 2.45) is 0 Å². The fourth-order valence-corrected chi connectivity index (χ4v) is 8.46. The molecule has 0 bridgehead atoms. The minimum atomic E-state index is -1.14. The molecule has 0 saturated heterocycles. The summed E-state index contributed by atoms with van der Waals surface area (Å²) >= 11 is 0. The van der Waals surface area contributed by atoms with E-state index < -0.39 is 24.3 Å². The Balaban J connectivity index is 1.05. The highest BCUT2D eigenvalue weighted by atomic mass is 16.7. The number of hydrogen-bond donors (Lipinski definition) is 4. The molecule has 0 unspecified atom stereocenters. The Morgan fingerprint density at radius 2 is 0.829 bits per heavy atom. The standard InChI is InChI=1S/C64H73N5O13/c1-48(70)82-69(59(73)36-37-60(74)75)43-17-6-15-38-65-57(71)34-35-58(72)68(42-21-40-67-64(77)54-31-20-33-56(79-45-50-24-9-3-10-25-50)62(54)81-47-52-28-13-5-14-29-52)41-18-16-39-66-63(76)53-30-19-32-55(78-44-49-22-7-2-8-23-49)61(53)80-46-51-26-11-4-12-27-51/h2-5,7-14,19-20,22-33H,6,15-18,21,34-47H2,1H3,(H,65,71)(H,66,76)(H,67,77)(H,74,75). The van der Waals surface area contributed by atoms with E-state index in [1.165, 1.54) is 0 Å². The maximum absolute atomic E-state index is 13.9. The Hall–Kier alpha value is -9.19. The van der Waals surface area contributed by atoms with Gasteiger partial charge in [0.25, 0.3) is 17.7 Å². The van der Waals surface area contributed by atoms with Gasteiger partial charge in [0.05, 0.1) is 24.1 Å². The van der Waals surface area contributed by atoms with E-state index in [0.717, 1.165) is 34.2 Å². The molecule has 0 aliphatic rings.